The number of unbranched alkanes of at least 4 members (excludes halogenated alkanes) is 1. The molecule has 471 valence electrons. The average Bonchev–Trinajstić information content (AvgIpc) is 4.04. The molecule has 23 heteroatoms. The number of aryl methyl sites for hydroxylation is 12. The molecule has 1 N–H and O–H groups in total. The van der Waals surface area contributed by atoms with Crippen LogP contribution in [0.2, 0.25) is 0 Å². The zero-order chi connectivity index (χ0) is 59.0. The van der Waals surface area contributed by atoms with Crippen molar-refractivity contribution in [3.05, 3.63) is 110 Å². The Bertz CT molecular complexity index is 2390. The summed E-state index contributed by atoms with van der Waals surface area (Å²) < 4.78 is 13.4. The van der Waals surface area contributed by atoms with Crippen LogP contribution in [0.5, 0.6) is 0 Å². The van der Waals surface area contributed by atoms with E-state index in [4.69, 9.17) is 5.11 Å². The third kappa shape index (κ3) is 42.1. The van der Waals surface area contributed by atoms with E-state index >= 15 is 0 Å². The van der Waals surface area contributed by atoms with E-state index in [1.54, 1.807) is 32.2 Å². The second kappa shape index (κ2) is 62.5. The van der Waals surface area contributed by atoms with E-state index in [-0.39, 0.29) is 62.1 Å². The quantitative estimate of drug-likeness (QED) is 0.0718. The molecule has 0 aliphatic rings. The van der Waals surface area contributed by atoms with Crippen LogP contribution in [0.1, 0.15) is 156 Å². The molecule has 0 aliphatic heterocycles. The Morgan fingerprint density at radius 3 is 0.753 bits per heavy atom. The van der Waals surface area contributed by atoms with Crippen molar-refractivity contribution in [2.24, 2.45) is 28.2 Å². The number of carbonyl (C=O) groups excluding carboxylic acids is 1. The number of halogens is 6. The summed E-state index contributed by atoms with van der Waals surface area (Å²) in [5.74, 6) is -0.245. The Kier molecular flexibility index (Phi) is 79.0. The molecule has 0 fully saturated rings. The number of ether oxygens (including phenoxy) is 1. The standard InChI is InChI=1S/4C9H11N3.C4H10.C3H6O2.C3H8.C2H5I.C2H6O.C2H6.4CH4.2CH3.5HI.2V/c4*1-6-4-12(3)9-8(6)7(2)10-5-11-9;1-3-4-2;1-3(4)5-2;1-3-2;2*1-2-3;1-2;;;;;;;;;;;;;/h4*4-5H,1-3H3;3-4H2,1-2H3;1-2H3;3H2,1-2H3;2H2,1H3;3H,2H2,1H3;1-2H3;4*1H4;2*1H3;5*1H;;/q;;;;;;;;;;;;;;2*-1;;;;;;+2;+3/p-5. The number of hydrogen-bond acceptors (Lipinski definition) is 11. The summed E-state index contributed by atoms with van der Waals surface area (Å²) in [7, 11) is 9.98. The minimum atomic E-state index is -0.278. The molecule has 0 saturated heterocycles. The van der Waals surface area contributed by atoms with Crippen LogP contribution >= 0.6 is 122 Å². The van der Waals surface area contributed by atoms with Gasteiger partial charge in [-0.3, -0.25) is 4.79 Å². The summed E-state index contributed by atoms with van der Waals surface area (Å²) in [6, 6.07) is 0. The molecule has 15 nitrogen and oxygen atoms in total. The molecule has 0 radical (unpaired) electrons. The fourth-order valence-corrected chi connectivity index (χ4v) is 6.43. The van der Waals surface area contributed by atoms with Gasteiger partial charge < -0.3 is 43.0 Å². The number of hydrogen-bond donors (Lipinski definition) is 1. The topological polar surface area (TPSA) is 169 Å². The van der Waals surface area contributed by atoms with Crippen LogP contribution in [0.4, 0.5) is 0 Å². The zero-order valence-electron chi connectivity index (χ0n) is 50.4. The van der Waals surface area contributed by atoms with E-state index in [0.717, 1.165) is 45.4 Å². The van der Waals surface area contributed by atoms with E-state index in [1.807, 2.05) is 88.0 Å². The minimum absolute atomic E-state index is 0. The number of fused-ring (bicyclic) bond motifs is 4. The SMILES string of the molecule is C.C.C.C.CC.CCC.CCCC.CCI.CCO.COC(C)=O.Cc1cn(C)c2ncnc(C)c12.Cc1cn(C)c2ncnc(C)c12.Cc1cn(C)c2ncnc(C)c12.Cc1cn(C)c2ncnc(C)c12.[CH3-].[CH3-].[I][V]([I])[I].[I][V][I]. The van der Waals surface area contributed by atoms with Crippen molar-refractivity contribution in [3.8, 4) is 0 Å². The number of esters is 1. The van der Waals surface area contributed by atoms with Crippen molar-refractivity contribution in [2.75, 3.05) is 18.1 Å². The van der Waals surface area contributed by atoms with Gasteiger partial charge in [0.05, 0.1) is 29.9 Å². The van der Waals surface area contributed by atoms with Gasteiger partial charge in [-0.1, -0.05) is 120 Å². The van der Waals surface area contributed by atoms with Crippen LogP contribution in [-0.4, -0.2) is 87.4 Å². The number of methoxy groups -OCH3 is 1. The summed E-state index contributed by atoms with van der Waals surface area (Å²) in [5, 5.41) is 12.3. The molecule has 0 saturated carbocycles. The first-order valence-electron chi connectivity index (χ1n) is 24.2. The van der Waals surface area contributed by atoms with Gasteiger partial charge in [0, 0.05) is 88.1 Å². The first kappa shape index (κ1) is 102. The molecule has 8 aromatic rings. The van der Waals surface area contributed by atoms with Crippen molar-refractivity contribution in [1.82, 2.24) is 58.1 Å². The van der Waals surface area contributed by atoms with Crippen molar-refractivity contribution < 1.29 is 29.0 Å². The molecule has 0 spiro atoms. The molecule has 0 atom stereocenters. The van der Waals surface area contributed by atoms with Crippen LogP contribution in [0.3, 0.4) is 0 Å². The molecule has 81 heavy (non-hydrogen) atoms. The van der Waals surface area contributed by atoms with E-state index in [9.17, 15) is 4.79 Å². The Balaban J connectivity index is -0.0000000887. The van der Waals surface area contributed by atoms with Gasteiger partial charge in [0.2, 0.25) is 0 Å². The van der Waals surface area contributed by atoms with Crippen molar-refractivity contribution in [1.29, 1.82) is 0 Å². The number of nitrogens with zero attached hydrogens (tertiary/aromatic N) is 12. The number of carbonyl (C=O) groups is 1. The maximum atomic E-state index is 9.59. The second-order valence-corrected chi connectivity index (χ2v) is 64.2. The molecular formula is C58H107I6N12O3V2-2. The van der Waals surface area contributed by atoms with Crippen molar-refractivity contribution in [2.45, 2.75) is 167 Å². The van der Waals surface area contributed by atoms with Crippen LogP contribution < -0.4 is 0 Å². The predicted octanol–water partition coefficient (Wildman–Crippen LogP) is 20.1. The maximum absolute atomic E-state index is 9.59. The molecule has 8 aromatic heterocycles. The Labute approximate surface area is 575 Å². The first-order valence-corrected chi connectivity index (χ1v) is 48.3. The van der Waals surface area contributed by atoms with Gasteiger partial charge in [0.25, 0.3) is 0 Å². The molecule has 0 aliphatic carbocycles. The van der Waals surface area contributed by atoms with Gasteiger partial charge >= 0.3 is 120 Å². The second-order valence-electron chi connectivity index (χ2n) is 15.6. The summed E-state index contributed by atoms with van der Waals surface area (Å²) in [4.78, 5) is 42.8. The summed E-state index contributed by atoms with van der Waals surface area (Å²) in [5.41, 5.74) is 13.2. The number of alkyl halides is 1. The van der Waals surface area contributed by atoms with E-state index < -0.39 is 0 Å². The van der Waals surface area contributed by atoms with E-state index in [2.05, 4.69) is 254 Å². The summed E-state index contributed by atoms with van der Waals surface area (Å²) in [6.07, 6.45) is 18.6. The molecule has 8 rings (SSSR count). The van der Waals surface area contributed by atoms with E-state index in [0.29, 0.717) is 9.47 Å². The molecule has 0 amide bonds. The van der Waals surface area contributed by atoms with Gasteiger partial charge in [-0.05, 0) is 89.0 Å². The van der Waals surface area contributed by atoms with E-state index in [1.165, 1.54) is 81.5 Å². The van der Waals surface area contributed by atoms with Crippen LogP contribution in [0.25, 0.3) is 44.1 Å². The van der Waals surface area contributed by atoms with Gasteiger partial charge in [0.15, 0.2) is 0 Å². The summed E-state index contributed by atoms with van der Waals surface area (Å²) in [6.45, 7) is 34.4. The number of aliphatic hydroxyl groups excluding tert-OH is 1. The molecular weight excluding hydrogens is 1780 g/mol. The van der Waals surface area contributed by atoms with Crippen LogP contribution in [0.15, 0.2) is 50.1 Å². The van der Waals surface area contributed by atoms with Gasteiger partial charge in [-0.25, -0.2) is 39.9 Å². The van der Waals surface area contributed by atoms with Gasteiger partial charge in [-0.15, -0.1) is 0 Å². The Morgan fingerprint density at radius 2 is 0.654 bits per heavy atom. The Morgan fingerprint density at radius 1 is 0.519 bits per heavy atom. The third-order valence-corrected chi connectivity index (χ3v) is 9.32. The number of aliphatic hydroxyl groups is 1. The normalized spacial score (nSPS) is 8.62. The fraction of sp³-hybridized carbons (Fsp3) is 0.534. The molecule has 0 aromatic carbocycles. The third-order valence-electron chi connectivity index (χ3n) is 9.32. The zero-order valence-corrected chi connectivity index (χ0v) is 66.2. The van der Waals surface area contributed by atoms with Crippen LogP contribution in [0, 0.1) is 70.2 Å². The average molecular weight is 1880 g/mol. The monoisotopic (exact) mass is 1880 g/mol. The predicted molar refractivity (Wildman–Crippen MR) is 405 cm³/mol. The molecule has 8 heterocycles. The van der Waals surface area contributed by atoms with Crippen LogP contribution in [-0.2, 0) is 52.1 Å². The van der Waals surface area contributed by atoms with Crippen molar-refractivity contribution in [3.63, 3.8) is 0 Å². The fourth-order valence-electron chi connectivity index (χ4n) is 6.43. The van der Waals surface area contributed by atoms with Crippen molar-refractivity contribution >= 4 is 173 Å². The molecule has 0 bridgehead atoms. The first-order chi connectivity index (χ1) is 35.4. The summed E-state index contributed by atoms with van der Waals surface area (Å²) >= 11 is 14.4. The number of aromatic nitrogens is 12. The molecule has 0 unspecified atom stereocenters. The Hall–Kier alpha value is -0.541. The van der Waals surface area contributed by atoms with Gasteiger partial charge in [-0.2, -0.15) is 0 Å². The van der Waals surface area contributed by atoms with Gasteiger partial charge in [0.1, 0.15) is 47.9 Å². The number of rotatable bonds is 1.